The summed E-state index contributed by atoms with van der Waals surface area (Å²) in [4.78, 5) is 10.5. The minimum Gasteiger partial charge on any atom is -0.492 e. The molecule has 1 heterocycles. The van der Waals surface area contributed by atoms with E-state index in [1.54, 1.807) is 20.4 Å². The van der Waals surface area contributed by atoms with Crippen LogP contribution in [-0.4, -0.2) is 50.2 Å². The van der Waals surface area contributed by atoms with Crippen LogP contribution >= 0.6 is 0 Å². The average molecular weight is 328 g/mol. The number of nitrogens with one attached hydrogen (secondary N) is 1. The molecule has 0 bridgehead atoms. The Morgan fingerprint density at radius 3 is 2.71 bits per heavy atom. The third-order valence-electron chi connectivity index (χ3n) is 3.49. The molecule has 6 nitrogen and oxygen atoms in total. The Hall–Kier alpha value is -2.76. The molecule has 1 aromatic heterocycles. The van der Waals surface area contributed by atoms with E-state index in [1.807, 2.05) is 54.4 Å². The van der Waals surface area contributed by atoms with Crippen molar-refractivity contribution in [1.82, 2.24) is 15.2 Å². The number of ether oxygens (including phenoxy) is 2. The highest BCUT2D eigenvalue weighted by molar-refractivity contribution is 5.79. The number of aliphatic imine (C=N–C) groups is 1. The number of likely N-dealkylation sites (N-methyl/N-ethyl adjacent to an activating group) is 1. The van der Waals surface area contributed by atoms with Crippen LogP contribution in [0.1, 0.15) is 5.56 Å². The monoisotopic (exact) mass is 328 g/mol. The molecule has 0 amide bonds. The first kappa shape index (κ1) is 17.6. The van der Waals surface area contributed by atoms with E-state index < -0.39 is 0 Å². The van der Waals surface area contributed by atoms with Gasteiger partial charge in [0.2, 0.25) is 5.88 Å². The molecule has 0 aliphatic heterocycles. The standard InChI is InChI=1S/C18H24N4O2/c1-19-18(21-14-15-8-7-11-20-17(15)23-3)22(2)12-13-24-16-9-5-4-6-10-16/h4-11H,12-14H2,1-3H3,(H,19,21). The molecule has 0 saturated carbocycles. The molecule has 0 spiro atoms. The molecule has 2 aromatic rings. The van der Waals surface area contributed by atoms with Crippen molar-refractivity contribution in [1.29, 1.82) is 0 Å². The van der Waals surface area contributed by atoms with Gasteiger partial charge in [-0.1, -0.05) is 24.3 Å². The summed E-state index contributed by atoms with van der Waals surface area (Å²) in [5, 5.41) is 3.31. The largest absolute Gasteiger partial charge is 0.492 e. The van der Waals surface area contributed by atoms with E-state index in [-0.39, 0.29) is 0 Å². The molecular weight excluding hydrogens is 304 g/mol. The van der Waals surface area contributed by atoms with Crippen LogP contribution in [-0.2, 0) is 6.54 Å². The predicted molar refractivity (Wildman–Crippen MR) is 95.6 cm³/mol. The number of aromatic nitrogens is 1. The summed E-state index contributed by atoms with van der Waals surface area (Å²) in [5.41, 5.74) is 0.982. The zero-order valence-corrected chi connectivity index (χ0v) is 14.4. The zero-order chi connectivity index (χ0) is 17.2. The van der Waals surface area contributed by atoms with Gasteiger partial charge in [0, 0.05) is 32.4 Å². The van der Waals surface area contributed by atoms with E-state index >= 15 is 0 Å². The highest BCUT2D eigenvalue weighted by Gasteiger charge is 2.08. The minimum atomic E-state index is 0.581. The molecule has 2 rings (SSSR count). The molecule has 0 unspecified atom stereocenters. The minimum absolute atomic E-state index is 0.581. The summed E-state index contributed by atoms with van der Waals surface area (Å²) in [6.45, 7) is 1.89. The molecule has 0 aliphatic carbocycles. The van der Waals surface area contributed by atoms with Crippen molar-refractivity contribution in [2.45, 2.75) is 6.54 Å². The summed E-state index contributed by atoms with van der Waals surface area (Å²) in [6, 6.07) is 13.6. The second kappa shape index (κ2) is 9.39. The summed E-state index contributed by atoms with van der Waals surface area (Å²) < 4.78 is 11.0. The number of para-hydroxylation sites is 1. The third-order valence-corrected chi connectivity index (χ3v) is 3.49. The maximum Gasteiger partial charge on any atom is 0.218 e. The topological polar surface area (TPSA) is 59.0 Å². The predicted octanol–water partition coefficient (Wildman–Crippen LogP) is 2.18. The van der Waals surface area contributed by atoms with Crippen molar-refractivity contribution in [3.63, 3.8) is 0 Å². The Kier molecular flexibility index (Phi) is 6.89. The van der Waals surface area contributed by atoms with Gasteiger partial charge in [0.05, 0.1) is 13.7 Å². The van der Waals surface area contributed by atoms with E-state index in [1.165, 1.54) is 0 Å². The molecule has 0 atom stereocenters. The first-order valence-corrected chi connectivity index (χ1v) is 7.82. The van der Waals surface area contributed by atoms with Crippen LogP contribution in [0.25, 0.3) is 0 Å². The second-order valence-electron chi connectivity index (χ2n) is 5.16. The fourth-order valence-electron chi connectivity index (χ4n) is 2.22. The van der Waals surface area contributed by atoms with Crippen LogP contribution in [0.4, 0.5) is 0 Å². The number of rotatable bonds is 7. The average Bonchev–Trinajstić information content (AvgIpc) is 2.63. The molecule has 0 aliphatic rings. The van der Waals surface area contributed by atoms with Gasteiger partial charge in [-0.2, -0.15) is 0 Å². The maximum absolute atomic E-state index is 5.72. The normalized spacial score (nSPS) is 11.0. The van der Waals surface area contributed by atoms with Crippen LogP contribution < -0.4 is 14.8 Å². The lowest BCUT2D eigenvalue weighted by molar-refractivity contribution is 0.281. The van der Waals surface area contributed by atoms with Gasteiger partial charge in [0.15, 0.2) is 5.96 Å². The first-order valence-electron chi connectivity index (χ1n) is 7.82. The molecule has 128 valence electrons. The smallest absolute Gasteiger partial charge is 0.218 e. The molecule has 1 N–H and O–H groups in total. The Morgan fingerprint density at radius 2 is 2.00 bits per heavy atom. The van der Waals surface area contributed by atoms with Crippen LogP contribution in [0.3, 0.4) is 0 Å². The Bertz CT molecular complexity index is 646. The van der Waals surface area contributed by atoms with Gasteiger partial charge in [-0.15, -0.1) is 0 Å². The molecule has 0 saturated heterocycles. The van der Waals surface area contributed by atoms with Crippen LogP contribution in [0.15, 0.2) is 53.7 Å². The van der Waals surface area contributed by atoms with Gasteiger partial charge in [-0.25, -0.2) is 4.98 Å². The van der Waals surface area contributed by atoms with Crippen molar-refractivity contribution in [2.24, 2.45) is 4.99 Å². The fourth-order valence-corrected chi connectivity index (χ4v) is 2.22. The van der Waals surface area contributed by atoms with Crippen LogP contribution in [0.5, 0.6) is 11.6 Å². The number of hydrogen-bond donors (Lipinski definition) is 1. The van der Waals surface area contributed by atoms with Crippen molar-refractivity contribution in [2.75, 3.05) is 34.4 Å². The van der Waals surface area contributed by atoms with Crippen molar-refractivity contribution < 1.29 is 9.47 Å². The lowest BCUT2D eigenvalue weighted by Crippen LogP contribution is -2.40. The van der Waals surface area contributed by atoms with E-state index in [0.717, 1.165) is 23.8 Å². The molecular formula is C18H24N4O2. The number of benzene rings is 1. The molecule has 0 fully saturated rings. The SMILES string of the molecule is CN=C(NCc1cccnc1OC)N(C)CCOc1ccccc1. The summed E-state index contributed by atoms with van der Waals surface area (Å²) in [7, 11) is 5.36. The van der Waals surface area contributed by atoms with E-state index in [2.05, 4.69) is 15.3 Å². The fraction of sp³-hybridized carbons (Fsp3) is 0.333. The lowest BCUT2D eigenvalue weighted by atomic mass is 10.2. The van der Waals surface area contributed by atoms with E-state index in [0.29, 0.717) is 19.0 Å². The zero-order valence-electron chi connectivity index (χ0n) is 14.4. The molecule has 24 heavy (non-hydrogen) atoms. The van der Waals surface area contributed by atoms with Crippen LogP contribution in [0, 0.1) is 0 Å². The van der Waals surface area contributed by atoms with Crippen molar-refractivity contribution >= 4 is 5.96 Å². The van der Waals surface area contributed by atoms with Gasteiger partial charge in [0.25, 0.3) is 0 Å². The quantitative estimate of drug-likeness (QED) is 0.623. The number of pyridine rings is 1. The van der Waals surface area contributed by atoms with E-state index in [4.69, 9.17) is 9.47 Å². The number of methoxy groups -OCH3 is 1. The summed E-state index contributed by atoms with van der Waals surface area (Å²) in [6.07, 6.45) is 1.71. The summed E-state index contributed by atoms with van der Waals surface area (Å²) in [5.74, 6) is 2.28. The second-order valence-corrected chi connectivity index (χ2v) is 5.16. The molecule has 1 aromatic carbocycles. The van der Waals surface area contributed by atoms with Gasteiger partial charge < -0.3 is 19.7 Å². The summed E-state index contributed by atoms with van der Waals surface area (Å²) >= 11 is 0. The van der Waals surface area contributed by atoms with Gasteiger partial charge in [-0.05, 0) is 18.2 Å². The van der Waals surface area contributed by atoms with Crippen molar-refractivity contribution in [3.05, 3.63) is 54.2 Å². The first-order chi connectivity index (χ1) is 11.7. The van der Waals surface area contributed by atoms with Gasteiger partial charge in [-0.3, -0.25) is 4.99 Å². The Morgan fingerprint density at radius 1 is 1.21 bits per heavy atom. The molecule has 0 radical (unpaired) electrons. The third kappa shape index (κ3) is 5.15. The molecule has 6 heteroatoms. The van der Waals surface area contributed by atoms with Crippen molar-refractivity contribution in [3.8, 4) is 11.6 Å². The van der Waals surface area contributed by atoms with E-state index in [9.17, 15) is 0 Å². The number of nitrogens with zero attached hydrogens (tertiary/aromatic N) is 3. The Balaban J connectivity index is 1.82. The van der Waals surface area contributed by atoms with Crippen LogP contribution in [0.2, 0.25) is 0 Å². The maximum atomic E-state index is 5.72. The lowest BCUT2D eigenvalue weighted by Gasteiger charge is -2.22. The Labute approximate surface area is 143 Å². The highest BCUT2D eigenvalue weighted by Crippen LogP contribution is 2.13. The highest BCUT2D eigenvalue weighted by atomic mass is 16.5. The number of hydrogen-bond acceptors (Lipinski definition) is 4. The number of guanidine groups is 1. The van der Waals surface area contributed by atoms with Gasteiger partial charge in [0.1, 0.15) is 12.4 Å². The van der Waals surface area contributed by atoms with Gasteiger partial charge >= 0.3 is 0 Å².